The molecule has 0 radical (unpaired) electrons. The molecule has 13 rings (SSSR count). The zero-order chi connectivity index (χ0) is 42.5. The number of allylic oxidation sites excluding steroid dienone is 5. The van der Waals surface area contributed by atoms with Crippen molar-refractivity contribution in [3.63, 3.8) is 0 Å². The lowest BCUT2D eigenvalue weighted by molar-refractivity contribution is 0.786. The van der Waals surface area contributed by atoms with Crippen LogP contribution < -0.4 is 4.90 Å². The molecule has 0 saturated heterocycles. The first-order valence-corrected chi connectivity index (χ1v) is 22.3. The van der Waals surface area contributed by atoms with Crippen molar-refractivity contribution < 1.29 is 0 Å². The highest BCUT2D eigenvalue weighted by atomic mass is 15.1. The van der Waals surface area contributed by atoms with Gasteiger partial charge in [0.25, 0.3) is 0 Å². The fourth-order valence-electron chi connectivity index (χ4n) is 11.6. The highest BCUT2D eigenvalue weighted by Crippen LogP contribution is 2.63. The summed E-state index contributed by atoms with van der Waals surface area (Å²) in [5, 5.41) is 9.95. The van der Waals surface area contributed by atoms with Gasteiger partial charge in [-0.2, -0.15) is 0 Å². The summed E-state index contributed by atoms with van der Waals surface area (Å²) in [7, 11) is 0. The smallest absolute Gasteiger partial charge is 0.0726 e. The van der Waals surface area contributed by atoms with Gasteiger partial charge in [0, 0.05) is 33.2 Å². The number of hydrogen-bond acceptors (Lipinski definition) is 1. The lowest BCUT2D eigenvalue weighted by Crippen LogP contribution is -2.27. The molecule has 2 aliphatic carbocycles. The summed E-state index contributed by atoms with van der Waals surface area (Å²) < 4.78 is 2.42. The summed E-state index contributed by atoms with van der Waals surface area (Å²) in [6.45, 7) is 6.58. The van der Waals surface area contributed by atoms with E-state index in [-0.39, 0.29) is 0 Å². The number of anilines is 3. The van der Waals surface area contributed by atoms with Crippen LogP contribution in [0.2, 0.25) is 0 Å². The molecule has 0 amide bonds. The molecule has 0 atom stereocenters. The van der Waals surface area contributed by atoms with Crippen molar-refractivity contribution in [1.29, 1.82) is 0 Å². The summed E-state index contributed by atoms with van der Waals surface area (Å²) in [5.74, 6) is 0. The van der Waals surface area contributed by atoms with Crippen molar-refractivity contribution >= 4 is 76.8 Å². The van der Waals surface area contributed by atoms with Crippen LogP contribution in [0, 0.1) is 0 Å². The van der Waals surface area contributed by atoms with Crippen LogP contribution >= 0.6 is 0 Å². The summed E-state index contributed by atoms with van der Waals surface area (Å²) >= 11 is 0. The zero-order valence-electron chi connectivity index (χ0n) is 35.5. The summed E-state index contributed by atoms with van der Waals surface area (Å²) in [6.07, 6.45) is 6.58. The maximum absolute atomic E-state index is 4.45. The molecule has 0 unspecified atom stereocenters. The van der Waals surface area contributed by atoms with Crippen LogP contribution in [0.4, 0.5) is 17.1 Å². The first-order valence-electron chi connectivity index (χ1n) is 22.3. The standard InChI is InChI=1S/C62H42N2/c1-3-19-54-43(4-2)49-37-36-42(39-57(49)62(54)55-31-13-9-25-47(55)48-26-10-14-32-56(48)62)63(60-35-18-30-53-46-23-6-5-22-44(46)45-24-7-8-29-52(45)61(53)60)40-20-17-21-41(38-40)64-58-33-15-11-27-50(58)51-28-12-16-34-59(51)64/h3-39H,2H2,1H3/b19-3-. The first-order chi connectivity index (χ1) is 31.7. The molecule has 10 aromatic carbocycles. The number of hydrogen-bond donors (Lipinski definition) is 0. The van der Waals surface area contributed by atoms with Gasteiger partial charge in [-0.25, -0.2) is 0 Å². The molecule has 64 heavy (non-hydrogen) atoms. The SMILES string of the molecule is C=CC1=C(/C=C\C)C2(c3cc(N(c4cccc(-n5c6ccccc6c6ccccc65)c4)c4cccc5c6ccccc6c6ccccc6c45)ccc31)c1ccccc1-c1ccccc12. The number of benzene rings is 10. The Bertz CT molecular complexity index is 3690. The highest BCUT2D eigenvalue weighted by Gasteiger charge is 2.52. The van der Waals surface area contributed by atoms with Crippen molar-refractivity contribution in [2.24, 2.45) is 0 Å². The normalized spacial score (nSPS) is 13.8. The van der Waals surface area contributed by atoms with Gasteiger partial charge in [0.2, 0.25) is 0 Å². The molecule has 0 saturated carbocycles. The maximum atomic E-state index is 4.45. The molecule has 2 heteroatoms. The van der Waals surface area contributed by atoms with Crippen molar-refractivity contribution in [2.45, 2.75) is 12.3 Å². The number of para-hydroxylation sites is 2. The fourth-order valence-corrected chi connectivity index (χ4v) is 11.6. The second-order valence-electron chi connectivity index (χ2n) is 17.1. The third-order valence-corrected chi connectivity index (χ3v) is 14.1. The van der Waals surface area contributed by atoms with Crippen LogP contribution in [0.15, 0.2) is 237 Å². The molecule has 2 aliphatic rings. The molecule has 0 aliphatic heterocycles. The Kier molecular flexibility index (Phi) is 7.92. The number of aromatic nitrogens is 1. The van der Waals surface area contributed by atoms with E-state index >= 15 is 0 Å². The van der Waals surface area contributed by atoms with E-state index in [0.717, 1.165) is 22.7 Å². The highest BCUT2D eigenvalue weighted by molar-refractivity contribution is 6.29. The van der Waals surface area contributed by atoms with Crippen molar-refractivity contribution in [2.75, 3.05) is 4.90 Å². The minimum atomic E-state index is -0.535. The second kappa shape index (κ2) is 13.9. The molecule has 300 valence electrons. The quantitative estimate of drug-likeness (QED) is 0.152. The van der Waals surface area contributed by atoms with Gasteiger partial charge >= 0.3 is 0 Å². The first kappa shape index (κ1) is 36.5. The lowest BCUT2D eigenvalue weighted by atomic mass is 9.69. The third kappa shape index (κ3) is 4.85. The summed E-state index contributed by atoms with van der Waals surface area (Å²) in [6, 6.07) is 76.5. The average Bonchev–Trinajstić information content (AvgIpc) is 3.95. The van der Waals surface area contributed by atoms with E-state index in [0.29, 0.717) is 0 Å². The predicted octanol–water partition coefficient (Wildman–Crippen LogP) is 16.6. The van der Waals surface area contributed by atoms with Crippen molar-refractivity contribution in [3.05, 3.63) is 259 Å². The van der Waals surface area contributed by atoms with E-state index in [1.165, 1.54) is 98.7 Å². The Morgan fingerprint density at radius 3 is 1.59 bits per heavy atom. The van der Waals surface area contributed by atoms with Gasteiger partial charge in [0.1, 0.15) is 0 Å². The molecule has 0 bridgehead atoms. The van der Waals surface area contributed by atoms with Crippen molar-refractivity contribution in [3.8, 4) is 16.8 Å². The van der Waals surface area contributed by atoms with Gasteiger partial charge in [0.05, 0.1) is 22.1 Å². The third-order valence-electron chi connectivity index (χ3n) is 14.1. The van der Waals surface area contributed by atoms with Crippen LogP contribution in [-0.4, -0.2) is 4.57 Å². The monoisotopic (exact) mass is 814 g/mol. The zero-order valence-corrected chi connectivity index (χ0v) is 35.5. The molecule has 1 aromatic heterocycles. The van der Waals surface area contributed by atoms with Gasteiger partial charge in [0.15, 0.2) is 0 Å². The van der Waals surface area contributed by atoms with E-state index in [4.69, 9.17) is 0 Å². The van der Waals surface area contributed by atoms with Gasteiger partial charge < -0.3 is 9.47 Å². The molecule has 0 N–H and O–H groups in total. The molecule has 0 fully saturated rings. The Balaban J connectivity index is 1.14. The van der Waals surface area contributed by atoms with Crippen LogP contribution in [0.5, 0.6) is 0 Å². The fraction of sp³-hybridized carbons (Fsp3) is 0.0323. The maximum Gasteiger partial charge on any atom is 0.0726 e. The number of nitrogens with zero attached hydrogens (tertiary/aromatic N) is 2. The minimum absolute atomic E-state index is 0.535. The number of fused-ring (bicyclic) bond motifs is 16. The Labute approximate surface area is 372 Å². The van der Waals surface area contributed by atoms with Gasteiger partial charge in [-0.1, -0.05) is 183 Å². The van der Waals surface area contributed by atoms with Crippen LogP contribution in [0.3, 0.4) is 0 Å². The Morgan fingerprint density at radius 2 is 0.969 bits per heavy atom. The topological polar surface area (TPSA) is 8.17 Å². The van der Waals surface area contributed by atoms with E-state index in [1.54, 1.807) is 0 Å². The van der Waals surface area contributed by atoms with E-state index in [2.05, 4.69) is 247 Å². The predicted molar refractivity (Wildman–Crippen MR) is 272 cm³/mol. The van der Waals surface area contributed by atoms with E-state index < -0.39 is 5.41 Å². The van der Waals surface area contributed by atoms with E-state index in [1.807, 2.05) is 0 Å². The average molecular weight is 815 g/mol. The second-order valence-corrected chi connectivity index (χ2v) is 17.1. The van der Waals surface area contributed by atoms with Crippen LogP contribution in [0.1, 0.15) is 29.2 Å². The molecular formula is C62H42N2. The van der Waals surface area contributed by atoms with Crippen LogP contribution in [0.25, 0.3) is 76.5 Å². The molecule has 2 nitrogen and oxygen atoms in total. The van der Waals surface area contributed by atoms with Crippen LogP contribution in [-0.2, 0) is 5.41 Å². The summed E-state index contributed by atoms with van der Waals surface area (Å²) in [4.78, 5) is 2.52. The Morgan fingerprint density at radius 1 is 0.453 bits per heavy atom. The lowest BCUT2D eigenvalue weighted by Gasteiger charge is -2.33. The molecule has 11 aromatic rings. The molecule has 1 spiro atoms. The number of rotatable bonds is 6. The largest absolute Gasteiger partial charge is 0.310 e. The minimum Gasteiger partial charge on any atom is -0.310 e. The molecule has 1 heterocycles. The van der Waals surface area contributed by atoms with Gasteiger partial charge in [-0.3, -0.25) is 0 Å². The van der Waals surface area contributed by atoms with Gasteiger partial charge in [-0.15, -0.1) is 0 Å². The Hall–Kier alpha value is -8.20. The summed E-state index contributed by atoms with van der Waals surface area (Å²) in [5.41, 5.74) is 16.3. The van der Waals surface area contributed by atoms with E-state index in [9.17, 15) is 0 Å². The van der Waals surface area contributed by atoms with Gasteiger partial charge in [-0.05, 0) is 127 Å². The molecular weight excluding hydrogens is 773 g/mol. The van der Waals surface area contributed by atoms with Crippen molar-refractivity contribution in [1.82, 2.24) is 4.57 Å².